The van der Waals surface area contributed by atoms with Crippen LogP contribution >= 0.6 is 0 Å². The van der Waals surface area contributed by atoms with Gasteiger partial charge in [0.25, 0.3) is 0 Å². The number of hydrogen-bond donors (Lipinski definition) is 0. The van der Waals surface area contributed by atoms with E-state index in [0.717, 1.165) is 5.69 Å². The first-order chi connectivity index (χ1) is 8.67. The molecule has 6 heteroatoms. The quantitative estimate of drug-likeness (QED) is 0.766. The Kier molecular flexibility index (Phi) is 3.27. The molecule has 0 unspecified atom stereocenters. The Morgan fingerprint density at radius 1 is 1.33 bits per heavy atom. The molecule has 2 aromatic rings. The van der Waals surface area contributed by atoms with Crippen molar-refractivity contribution in [3.8, 4) is 11.4 Å². The second-order valence-electron chi connectivity index (χ2n) is 3.63. The molecular weight excluding hydrogens is 234 g/mol. The second kappa shape index (κ2) is 4.87. The molecule has 0 fully saturated rings. The van der Waals surface area contributed by atoms with Crippen molar-refractivity contribution >= 4 is 5.97 Å². The van der Waals surface area contributed by atoms with Crippen molar-refractivity contribution in [2.75, 3.05) is 14.2 Å². The summed E-state index contributed by atoms with van der Waals surface area (Å²) in [5.41, 5.74) is 1.60. The van der Waals surface area contributed by atoms with E-state index in [0.29, 0.717) is 11.4 Å². The summed E-state index contributed by atoms with van der Waals surface area (Å²) >= 11 is 0. The molecule has 0 amide bonds. The van der Waals surface area contributed by atoms with Crippen molar-refractivity contribution in [1.29, 1.82) is 0 Å². The van der Waals surface area contributed by atoms with Gasteiger partial charge in [0.2, 0.25) is 0 Å². The van der Waals surface area contributed by atoms with Gasteiger partial charge in [0.1, 0.15) is 5.75 Å². The Balaban J connectivity index is 2.45. The van der Waals surface area contributed by atoms with E-state index >= 15 is 0 Å². The van der Waals surface area contributed by atoms with Crippen molar-refractivity contribution in [3.05, 3.63) is 35.7 Å². The molecule has 0 spiro atoms. The first kappa shape index (κ1) is 12.1. The molecular formula is C12H13N3O3. The third kappa shape index (κ3) is 2.04. The summed E-state index contributed by atoms with van der Waals surface area (Å²) in [6.45, 7) is 1.76. The third-order valence-electron chi connectivity index (χ3n) is 2.57. The summed E-state index contributed by atoms with van der Waals surface area (Å²) in [5.74, 6) is 0.212. The van der Waals surface area contributed by atoms with Crippen LogP contribution < -0.4 is 4.74 Å². The van der Waals surface area contributed by atoms with Crippen LogP contribution in [0.2, 0.25) is 0 Å². The smallest absolute Gasteiger partial charge is 0.360 e. The van der Waals surface area contributed by atoms with Crippen LogP contribution in [0.3, 0.4) is 0 Å². The van der Waals surface area contributed by atoms with Gasteiger partial charge >= 0.3 is 5.97 Å². The van der Waals surface area contributed by atoms with Crippen LogP contribution in [0.5, 0.6) is 5.75 Å². The van der Waals surface area contributed by atoms with Crippen molar-refractivity contribution < 1.29 is 14.3 Å². The fourth-order valence-electron chi connectivity index (χ4n) is 1.60. The number of benzene rings is 1. The van der Waals surface area contributed by atoms with Crippen LogP contribution in [0.1, 0.15) is 16.2 Å². The molecule has 18 heavy (non-hydrogen) atoms. The number of carbonyl (C=O) groups excluding carboxylic acids is 1. The van der Waals surface area contributed by atoms with Gasteiger partial charge in [-0.15, -0.1) is 5.10 Å². The zero-order valence-electron chi connectivity index (χ0n) is 10.4. The Morgan fingerprint density at radius 2 is 2.11 bits per heavy atom. The highest BCUT2D eigenvalue weighted by Crippen LogP contribution is 2.18. The lowest BCUT2D eigenvalue weighted by atomic mass is 10.3. The van der Waals surface area contributed by atoms with Gasteiger partial charge in [-0.05, 0) is 19.1 Å². The lowest BCUT2D eigenvalue weighted by Gasteiger charge is -2.05. The summed E-state index contributed by atoms with van der Waals surface area (Å²) in [6.07, 6.45) is 0. The fraction of sp³-hybridized carbons (Fsp3) is 0.250. The number of ether oxygens (including phenoxy) is 2. The van der Waals surface area contributed by atoms with Gasteiger partial charge in [0, 0.05) is 6.07 Å². The minimum absolute atomic E-state index is 0.209. The summed E-state index contributed by atoms with van der Waals surface area (Å²) < 4.78 is 11.3. The number of carbonyl (C=O) groups is 1. The van der Waals surface area contributed by atoms with Gasteiger partial charge in [-0.25, -0.2) is 9.48 Å². The number of hydrogen-bond acceptors (Lipinski definition) is 5. The standard InChI is InChI=1S/C12H13N3O3/c1-8-11(12(16)18-3)13-14-15(8)9-5-4-6-10(7-9)17-2/h4-7H,1-3H3. The van der Waals surface area contributed by atoms with Crippen molar-refractivity contribution in [1.82, 2.24) is 15.0 Å². The molecule has 94 valence electrons. The lowest BCUT2D eigenvalue weighted by molar-refractivity contribution is 0.0593. The highest BCUT2D eigenvalue weighted by atomic mass is 16.5. The van der Waals surface area contributed by atoms with Gasteiger partial charge in [0.05, 0.1) is 25.6 Å². The average Bonchev–Trinajstić information content (AvgIpc) is 2.80. The Hall–Kier alpha value is -2.37. The fourth-order valence-corrected chi connectivity index (χ4v) is 1.60. The Labute approximate surface area is 104 Å². The predicted octanol–water partition coefficient (Wildman–Crippen LogP) is 1.37. The van der Waals surface area contributed by atoms with Crippen LogP contribution in [-0.4, -0.2) is 35.2 Å². The third-order valence-corrected chi connectivity index (χ3v) is 2.57. The minimum atomic E-state index is -0.498. The van der Waals surface area contributed by atoms with E-state index in [-0.39, 0.29) is 5.69 Å². The van der Waals surface area contributed by atoms with Gasteiger partial charge < -0.3 is 9.47 Å². The lowest BCUT2D eigenvalue weighted by Crippen LogP contribution is -2.05. The average molecular weight is 247 g/mol. The van der Waals surface area contributed by atoms with Crippen molar-refractivity contribution in [3.63, 3.8) is 0 Å². The summed E-state index contributed by atoms with van der Waals surface area (Å²) in [4.78, 5) is 11.4. The largest absolute Gasteiger partial charge is 0.497 e. The zero-order valence-corrected chi connectivity index (χ0v) is 10.4. The van der Waals surface area contributed by atoms with Gasteiger partial charge in [-0.3, -0.25) is 0 Å². The van der Waals surface area contributed by atoms with Crippen LogP contribution in [0, 0.1) is 6.92 Å². The normalized spacial score (nSPS) is 10.2. The Morgan fingerprint density at radius 3 is 2.78 bits per heavy atom. The number of rotatable bonds is 3. The minimum Gasteiger partial charge on any atom is -0.497 e. The van der Waals surface area contributed by atoms with E-state index in [1.54, 1.807) is 18.7 Å². The molecule has 0 N–H and O–H groups in total. The van der Waals surface area contributed by atoms with E-state index < -0.39 is 5.97 Å². The topological polar surface area (TPSA) is 66.2 Å². The number of esters is 1. The van der Waals surface area contributed by atoms with E-state index in [2.05, 4.69) is 15.0 Å². The molecule has 0 aliphatic carbocycles. The first-order valence-corrected chi connectivity index (χ1v) is 5.32. The molecule has 0 radical (unpaired) electrons. The summed E-state index contributed by atoms with van der Waals surface area (Å²) in [6, 6.07) is 7.33. The highest BCUT2D eigenvalue weighted by molar-refractivity contribution is 5.88. The second-order valence-corrected chi connectivity index (χ2v) is 3.63. The van der Waals surface area contributed by atoms with Crippen LogP contribution in [0.4, 0.5) is 0 Å². The SMILES string of the molecule is COC(=O)c1nnn(-c2cccc(OC)c2)c1C. The van der Waals surface area contributed by atoms with E-state index in [4.69, 9.17) is 4.74 Å². The summed E-state index contributed by atoms with van der Waals surface area (Å²) in [7, 11) is 2.90. The highest BCUT2D eigenvalue weighted by Gasteiger charge is 2.17. The number of methoxy groups -OCH3 is 2. The van der Waals surface area contributed by atoms with E-state index in [1.165, 1.54) is 7.11 Å². The van der Waals surface area contributed by atoms with Crippen LogP contribution in [0.25, 0.3) is 5.69 Å². The van der Waals surface area contributed by atoms with Gasteiger partial charge in [-0.1, -0.05) is 11.3 Å². The van der Waals surface area contributed by atoms with E-state index in [1.807, 2.05) is 24.3 Å². The van der Waals surface area contributed by atoms with Crippen molar-refractivity contribution in [2.45, 2.75) is 6.92 Å². The van der Waals surface area contributed by atoms with Crippen LogP contribution in [-0.2, 0) is 4.74 Å². The monoisotopic (exact) mass is 247 g/mol. The maximum atomic E-state index is 11.4. The molecule has 0 aliphatic rings. The number of nitrogens with zero attached hydrogens (tertiary/aromatic N) is 3. The Bertz CT molecular complexity index is 578. The molecule has 0 atom stereocenters. The van der Waals surface area contributed by atoms with Crippen LogP contribution in [0.15, 0.2) is 24.3 Å². The zero-order chi connectivity index (χ0) is 13.1. The van der Waals surface area contributed by atoms with Crippen molar-refractivity contribution in [2.24, 2.45) is 0 Å². The van der Waals surface area contributed by atoms with E-state index in [9.17, 15) is 4.79 Å². The molecule has 1 heterocycles. The van der Waals surface area contributed by atoms with Gasteiger partial charge in [-0.2, -0.15) is 0 Å². The maximum absolute atomic E-state index is 11.4. The number of aromatic nitrogens is 3. The molecule has 6 nitrogen and oxygen atoms in total. The van der Waals surface area contributed by atoms with Gasteiger partial charge in [0.15, 0.2) is 5.69 Å². The molecule has 0 saturated carbocycles. The molecule has 0 aliphatic heterocycles. The summed E-state index contributed by atoms with van der Waals surface area (Å²) in [5, 5.41) is 7.76. The predicted molar refractivity (Wildman–Crippen MR) is 64.0 cm³/mol. The molecule has 0 bridgehead atoms. The maximum Gasteiger partial charge on any atom is 0.360 e. The molecule has 2 rings (SSSR count). The molecule has 0 saturated heterocycles. The first-order valence-electron chi connectivity index (χ1n) is 5.32. The molecule has 1 aromatic heterocycles. The molecule has 1 aromatic carbocycles.